The van der Waals surface area contributed by atoms with Gasteiger partial charge in [0.2, 0.25) is 0 Å². The molecule has 0 atom stereocenters. The minimum absolute atomic E-state index is 0.294. The summed E-state index contributed by atoms with van der Waals surface area (Å²) < 4.78 is 6.75. The zero-order valence-corrected chi connectivity index (χ0v) is 10.5. The summed E-state index contributed by atoms with van der Waals surface area (Å²) in [6.45, 7) is 3.86. The Morgan fingerprint density at radius 3 is 2.83 bits per heavy atom. The molecule has 0 unspecified atom stereocenters. The van der Waals surface area contributed by atoms with Gasteiger partial charge in [-0.05, 0) is 13.8 Å². The first-order chi connectivity index (χ1) is 8.63. The van der Waals surface area contributed by atoms with Gasteiger partial charge in [0.15, 0.2) is 11.5 Å². The van der Waals surface area contributed by atoms with E-state index >= 15 is 0 Å². The van der Waals surface area contributed by atoms with E-state index in [1.54, 1.807) is 37.1 Å². The summed E-state index contributed by atoms with van der Waals surface area (Å²) in [6.07, 6.45) is 4.92. The number of aromatic nitrogens is 4. The molecular formula is C12H14N4O2. The van der Waals surface area contributed by atoms with Crippen LogP contribution in [0.15, 0.2) is 18.7 Å². The smallest absolute Gasteiger partial charge is 0.357 e. The maximum absolute atomic E-state index is 11.7. The molecule has 2 heterocycles. The fourth-order valence-electron chi connectivity index (χ4n) is 1.54. The highest BCUT2D eigenvalue weighted by molar-refractivity contribution is 5.89. The third kappa shape index (κ3) is 2.22. The molecule has 0 aliphatic rings. The van der Waals surface area contributed by atoms with E-state index in [1.807, 2.05) is 7.05 Å². The van der Waals surface area contributed by atoms with Crippen molar-refractivity contribution >= 4 is 5.97 Å². The minimum Gasteiger partial charge on any atom is -0.461 e. The Labute approximate surface area is 105 Å². The van der Waals surface area contributed by atoms with E-state index in [9.17, 15) is 4.79 Å². The third-order valence-corrected chi connectivity index (χ3v) is 2.49. The maximum atomic E-state index is 11.7. The van der Waals surface area contributed by atoms with Crippen LogP contribution in [0.1, 0.15) is 23.0 Å². The first-order valence-electron chi connectivity index (χ1n) is 5.61. The van der Waals surface area contributed by atoms with E-state index in [1.165, 1.54) is 0 Å². The Morgan fingerprint density at radius 2 is 2.22 bits per heavy atom. The van der Waals surface area contributed by atoms with Crippen LogP contribution in [0.2, 0.25) is 0 Å². The maximum Gasteiger partial charge on any atom is 0.357 e. The lowest BCUT2D eigenvalue weighted by molar-refractivity contribution is 0.0518. The van der Waals surface area contributed by atoms with Gasteiger partial charge in [0.25, 0.3) is 0 Å². The van der Waals surface area contributed by atoms with E-state index in [-0.39, 0.29) is 0 Å². The number of rotatable bonds is 3. The molecular weight excluding hydrogens is 232 g/mol. The Balaban J connectivity index is 2.44. The van der Waals surface area contributed by atoms with Crippen molar-refractivity contribution in [2.75, 3.05) is 6.61 Å². The third-order valence-electron chi connectivity index (χ3n) is 2.49. The molecule has 0 fully saturated rings. The Bertz CT molecular complexity index is 577. The van der Waals surface area contributed by atoms with Crippen LogP contribution in [0.25, 0.3) is 11.5 Å². The number of imidazole rings is 1. The highest BCUT2D eigenvalue weighted by Crippen LogP contribution is 2.15. The second-order valence-electron chi connectivity index (χ2n) is 3.84. The van der Waals surface area contributed by atoms with Crippen molar-refractivity contribution in [3.8, 4) is 11.5 Å². The molecule has 0 bridgehead atoms. The molecule has 6 nitrogen and oxygen atoms in total. The number of carbonyl (C=O) groups is 1. The lowest BCUT2D eigenvalue weighted by Gasteiger charge is -2.06. The second-order valence-corrected chi connectivity index (χ2v) is 3.84. The van der Waals surface area contributed by atoms with Crippen LogP contribution in [-0.4, -0.2) is 32.1 Å². The van der Waals surface area contributed by atoms with Gasteiger partial charge < -0.3 is 9.30 Å². The van der Waals surface area contributed by atoms with Gasteiger partial charge in [-0.3, -0.25) is 0 Å². The molecule has 2 aromatic heterocycles. The molecule has 0 radical (unpaired) electrons. The molecule has 6 heteroatoms. The summed E-state index contributed by atoms with van der Waals surface area (Å²) in [4.78, 5) is 24.2. The van der Waals surface area contributed by atoms with Crippen molar-refractivity contribution in [2.45, 2.75) is 13.8 Å². The van der Waals surface area contributed by atoms with E-state index in [0.717, 1.165) is 5.69 Å². The lowest BCUT2D eigenvalue weighted by Crippen LogP contribution is -2.11. The Hall–Kier alpha value is -2.24. The number of aryl methyl sites for hydroxylation is 2. The second kappa shape index (κ2) is 4.95. The van der Waals surface area contributed by atoms with Crippen molar-refractivity contribution in [1.29, 1.82) is 0 Å². The average Bonchev–Trinajstić information content (AvgIpc) is 2.76. The van der Waals surface area contributed by atoms with Gasteiger partial charge >= 0.3 is 5.97 Å². The summed E-state index contributed by atoms with van der Waals surface area (Å²) in [7, 11) is 1.84. The van der Waals surface area contributed by atoms with Crippen LogP contribution >= 0.6 is 0 Å². The SMILES string of the molecule is CCOC(=O)c1nc(-c2cncn2C)ncc1C. The molecule has 0 aliphatic heterocycles. The predicted octanol–water partition coefficient (Wildman–Crippen LogP) is 1.36. The average molecular weight is 246 g/mol. The first-order valence-corrected chi connectivity index (χ1v) is 5.61. The fraction of sp³-hybridized carbons (Fsp3) is 0.333. The van der Waals surface area contributed by atoms with Gasteiger partial charge in [-0.25, -0.2) is 19.7 Å². The number of hydrogen-bond acceptors (Lipinski definition) is 5. The Kier molecular flexibility index (Phi) is 3.36. The van der Waals surface area contributed by atoms with Gasteiger partial charge in [0, 0.05) is 18.8 Å². The molecule has 0 saturated carbocycles. The largest absolute Gasteiger partial charge is 0.461 e. The number of nitrogens with zero attached hydrogens (tertiary/aromatic N) is 4. The summed E-state index contributed by atoms with van der Waals surface area (Å²) in [5.74, 6) is 0.0319. The van der Waals surface area contributed by atoms with E-state index in [2.05, 4.69) is 15.0 Å². The monoisotopic (exact) mass is 246 g/mol. The quantitative estimate of drug-likeness (QED) is 0.765. The van der Waals surface area contributed by atoms with Crippen LogP contribution in [0.3, 0.4) is 0 Å². The molecule has 18 heavy (non-hydrogen) atoms. The number of ether oxygens (including phenoxy) is 1. The summed E-state index contributed by atoms with van der Waals surface area (Å²) >= 11 is 0. The number of hydrogen-bond donors (Lipinski definition) is 0. The molecule has 2 aromatic rings. The van der Waals surface area contributed by atoms with Crippen LogP contribution in [0.5, 0.6) is 0 Å². The van der Waals surface area contributed by atoms with Crippen molar-refractivity contribution in [1.82, 2.24) is 19.5 Å². The van der Waals surface area contributed by atoms with Crippen molar-refractivity contribution < 1.29 is 9.53 Å². The molecule has 0 aliphatic carbocycles. The van der Waals surface area contributed by atoms with Crippen LogP contribution in [0.4, 0.5) is 0 Å². The molecule has 0 N–H and O–H groups in total. The van der Waals surface area contributed by atoms with Crippen LogP contribution < -0.4 is 0 Å². The topological polar surface area (TPSA) is 69.9 Å². The van der Waals surface area contributed by atoms with Gasteiger partial charge in [-0.1, -0.05) is 0 Å². The van der Waals surface area contributed by atoms with E-state index in [0.29, 0.717) is 23.7 Å². The highest BCUT2D eigenvalue weighted by atomic mass is 16.5. The van der Waals surface area contributed by atoms with Gasteiger partial charge in [0.1, 0.15) is 5.69 Å². The van der Waals surface area contributed by atoms with Gasteiger partial charge in [0.05, 0.1) is 19.1 Å². The predicted molar refractivity (Wildman–Crippen MR) is 64.9 cm³/mol. The van der Waals surface area contributed by atoms with Gasteiger partial charge in [-0.15, -0.1) is 0 Å². The van der Waals surface area contributed by atoms with Crippen molar-refractivity contribution in [3.63, 3.8) is 0 Å². The highest BCUT2D eigenvalue weighted by Gasteiger charge is 2.15. The fourth-order valence-corrected chi connectivity index (χ4v) is 1.54. The molecule has 94 valence electrons. The molecule has 2 rings (SSSR count). The van der Waals surface area contributed by atoms with Crippen molar-refractivity contribution in [3.05, 3.63) is 30.0 Å². The van der Waals surface area contributed by atoms with Crippen molar-refractivity contribution in [2.24, 2.45) is 7.05 Å². The Morgan fingerprint density at radius 1 is 1.44 bits per heavy atom. The number of esters is 1. The van der Waals surface area contributed by atoms with E-state index in [4.69, 9.17) is 4.74 Å². The minimum atomic E-state index is -0.430. The van der Waals surface area contributed by atoms with E-state index < -0.39 is 5.97 Å². The lowest BCUT2D eigenvalue weighted by atomic mass is 10.2. The zero-order chi connectivity index (χ0) is 13.1. The summed E-state index contributed by atoms with van der Waals surface area (Å²) in [5, 5.41) is 0. The molecule has 0 amide bonds. The summed E-state index contributed by atoms with van der Waals surface area (Å²) in [6, 6.07) is 0. The normalized spacial score (nSPS) is 10.4. The molecule has 0 aromatic carbocycles. The molecule has 0 saturated heterocycles. The first kappa shape index (κ1) is 12.2. The van der Waals surface area contributed by atoms with Crippen LogP contribution in [0, 0.1) is 6.92 Å². The van der Waals surface area contributed by atoms with Gasteiger partial charge in [-0.2, -0.15) is 0 Å². The zero-order valence-electron chi connectivity index (χ0n) is 10.5. The van der Waals surface area contributed by atoms with Crippen LogP contribution in [-0.2, 0) is 11.8 Å². The molecule has 0 spiro atoms. The standard InChI is InChI=1S/C12H14N4O2/c1-4-18-12(17)10-8(2)5-14-11(15-10)9-6-13-7-16(9)3/h5-7H,4H2,1-3H3. The number of carbonyl (C=O) groups excluding carboxylic acids is 1. The summed E-state index contributed by atoms with van der Waals surface area (Å²) in [5.41, 5.74) is 1.74.